The molecule has 0 radical (unpaired) electrons. The van der Waals surface area contributed by atoms with Crippen LogP contribution in [0.1, 0.15) is 24.1 Å². The van der Waals surface area contributed by atoms with Gasteiger partial charge in [-0.05, 0) is 30.2 Å². The van der Waals surface area contributed by atoms with Crippen LogP contribution in [0.2, 0.25) is 0 Å². The summed E-state index contributed by atoms with van der Waals surface area (Å²) in [6.07, 6.45) is 0. The molecular weight excluding hydrogens is 418 g/mol. The van der Waals surface area contributed by atoms with E-state index in [2.05, 4.69) is 5.32 Å². The predicted molar refractivity (Wildman–Crippen MR) is 123 cm³/mol. The maximum atomic E-state index is 13.6. The summed E-state index contributed by atoms with van der Waals surface area (Å²) in [5.74, 6) is -0.227. The molecule has 0 bridgehead atoms. The molecule has 1 fully saturated rings. The summed E-state index contributed by atoms with van der Waals surface area (Å²) in [7, 11) is 0. The number of carbonyl (C=O) groups excluding carboxylic acids is 3. The zero-order valence-corrected chi connectivity index (χ0v) is 18.1. The molecule has 0 aliphatic carbocycles. The summed E-state index contributed by atoms with van der Waals surface area (Å²) < 4.78 is 5.92. The third kappa shape index (κ3) is 3.51. The number of rotatable bonds is 4. The van der Waals surface area contributed by atoms with Crippen molar-refractivity contribution in [2.75, 3.05) is 18.1 Å². The average Bonchev–Trinajstić information content (AvgIpc) is 3.08. The SMILES string of the molecule is CC1(c2ccccc2)NC(=O)N(CC(=O)N2c3ccccc3OCC2c2ccccc2)C1=O. The smallest absolute Gasteiger partial charge is 0.325 e. The summed E-state index contributed by atoms with van der Waals surface area (Å²) in [4.78, 5) is 42.4. The lowest BCUT2D eigenvalue weighted by Gasteiger charge is -2.37. The minimum Gasteiger partial charge on any atom is -0.489 e. The van der Waals surface area contributed by atoms with Crippen molar-refractivity contribution in [1.82, 2.24) is 10.2 Å². The van der Waals surface area contributed by atoms with Gasteiger partial charge in [0.1, 0.15) is 24.4 Å². The van der Waals surface area contributed by atoms with Crippen molar-refractivity contribution >= 4 is 23.5 Å². The second-order valence-corrected chi connectivity index (χ2v) is 8.28. The Morgan fingerprint density at radius 1 is 0.970 bits per heavy atom. The molecular formula is C26H23N3O4. The molecule has 166 valence electrons. The van der Waals surface area contributed by atoms with Crippen LogP contribution in [0.25, 0.3) is 0 Å². The number of urea groups is 1. The van der Waals surface area contributed by atoms with Gasteiger partial charge >= 0.3 is 6.03 Å². The fourth-order valence-electron chi connectivity index (χ4n) is 4.44. The van der Waals surface area contributed by atoms with Crippen molar-refractivity contribution in [3.8, 4) is 5.75 Å². The van der Waals surface area contributed by atoms with Gasteiger partial charge in [0.25, 0.3) is 5.91 Å². The largest absolute Gasteiger partial charge is 0.489 e. The number of hydrogen-bond donors (Lipinski definition) is 1. The molecule has 33 heavy (non-hydrogen) atoms. The summed E-state index contributed by atoms with van der Waals surface area (Å²) in [5, 5.41) is 2.76. The lowest BCUT2D eigenvalue weighted by Crippen LogP contribution is -2.48. The minimum absolute atomic E-state index is 0.272. The number of amides is 4. The van der Waals surface area contributed by atoms with Gasteiger partial charge in [0.2, 0.25) is 5.91 Å². The topological polar surface area (TPSA) is 79.0 Å². The van der Waals surface area contributed by atoms with E-state index in [0.29, 0.717) is 17.0 Å². The maximum absolute atomic E-state index is 13.6. The van der Waals surface area contributed by atoms with Crippen LogP contribution in [-0.2, 0) is 15.1 Å². The zero-order chi connectivity index (χ0) is 23.0. The standard InChI is InChI=1S/C26H23N3O4/c1-26(19-12-6-3-7-13-19)24(31)28(25(32)27-26)16-23(30)29-20-14-8-9-15-22(20)33-17-21(29)18-10-4-2-5-11-18/h2-15,21H,16-17H2,1H3,(H,27,32). The Kier molecular flexibility index (Phi) is 5.09. The molecule has 2 atom stereocenters. The van der Waals surface area contributed by atoms with Gasteiger partial charge in [-0.2, -0.15) is 0 Å². The highest BCUT2D eigenvalue weighted by atomic mass is 16.5. The average molecular weight is 441 g/mol. The Labute approximate surface area is 191 Å². The number of hydrogen-bond acceptors (Lipinski definition) is 4. The highest BCUT2D eigenvalue weighted by Crippen LogP contribution is 2.39. The fraction of sp³-hybridized carbons (Fsp3) is 0.192. The van der Waals surface area contributed by atoms with Crippen molar-refractivity contribution in [3.05, 3.63) is 96.1 Å². The van der Waals surface area contributed by atoms with Crippen LogP contribution >= 0.6 is 0 Å². The number of fused-ring (bicyclic) bond motifs is 1. The molecule has 7 heteroatoms. The third-order valence-corrected chi connectivity index (χ3v) is 6.21. The fourth-order valence-corrected chi connectivity index (χ4v) is 4.44. The molecule has 3 aromatic carbocycles. The van der Waals surface area contributed by atoms with Crippen LogP contribution < -0.4 is 15.0 Å². The molecule has 5 rings (SSSR count). The summed E-state index contributed by atoms with van der Waals surface area (Å²) in [6, 6.07) is 24.9. The van der Waals surface area contributed by atoms with E-state index < -0.39 is 17.5 Å². The molecule has 0 spiro atoms. The van der Waals surface area contributed by atoms with E-state index in [9.17, 15) is 14.4 Å². The van der Waals surface area contributed by atoms with E-state index >= 15 is 0 Å². The first kappa shape index (κ1) is 20.8. The number of nitrogens with one attached hydrogen (secondary N) is 1. The Balaban J connectivity index is 1.46. The van der Waals surface area contributed by atoms with Crippen molar-refractivity contribution in [2.24, 2.45) is 0 Å². The Hall–Kier alpha value is -4.13. The minimum atomic E-state index is -1.22. The predicted octanol–water partition coefficient (Wildman–Crippen LogP) is 3.62. The number of carbonyl (C=O) groups is 3. The summed E-state index contributed by atoms with van der Waals surface area (Å²) in [6.45, 7) is 1.56. The molecule has 2 heterocycles. The maximum Gasteiger partial charge on any atom is 0.325 e. The lowest BCUT2D eigenvalue weighted by atomic mass is 9.92. The van der Waals surface area contributed by atoms with Crippen LogP contribution in [0.3, 0.4) is 0 Å². The highest BCUT2D eigenvalue weighted by Gasteiger charge is 2.50. The molecule has 0 saturated carbocycles. The van der Waals surface area contributed by atoms with Gasteiger partial charge < -0.3 is 10.1 Å². The van der Waals surface area contributed by atoms with Crippen molar-refractivity contribution in [3.63, 3.8) is 0 Å². The lowest BCUT2D eigenvalue weighted by molar-refractivity contribution is -0.134. The number of ether oxygens (including phenoxy) is 1. The molecule has 4 amide bonds. The van der Waals surface area contributed by atoms with Crippen LogP contribution in [0.4, 0.5) is 10.5 Å². The van der Waals surface area contributed by atoms with Gasteiger partial charge in [-0.3, -0.25) is 19.4 Å². The molecule has 7 nitrogen and oxygen atoms in total. The molecule has 2 aliphatic rings. The van der Waals surface area contributed by atoms with Crippen LogP contribution in [-0.4, -0.2) is 35.9 Å². The number of benzene rings is 3. The van der Waals surface area contributed by atoms with Crippen LogP contribution in [0, 0.1) is 0 Å². The first-order valence-corrected chi connectivity index (χ1v) is 10.8. The van der Waals surface area contributed by atoms with Crippen molar-refractivity contribution < 1.29 is 19.1 Å². The third-order valence-electron chi connectivity index (χ3n) is 6.21. The van der Waals surface area contributed by atoms with Gasteiger partial charge in [-0.15, -0.1) is 0 Å². The van der Waals surface area contributed by atoms with E-state index in [1.807, 2.05) is 66.7 Å². The second kappa shape index (κ2) is 8.09. The number of para-hydroxylation sites is 2. The Morgan fingerprint density at radius 3 is 2.33 bits per heavy atom. The molecule has 0 aromatic heterocycles. The second-order valence-electron chi connectivity index (χ2n) is 8.28. The van der Waals surface area contributed by atoms with E-state index in [-0.39, 0.29) is 25.1 Å². The van der Waals surface area contributed by atoms with Gasteiger partial charge in [0.05, 0.1) is 11.7 Å². The number of nitrogens with zero attached hydrogens (tertiary/aromatic N) is 2. The molecule has 2 aliphatic heterocycles. The Bertz CT molecular complexity index is 1210. The normalized spacial score (nSPS) is 21.9. The van der Waals surface area contributed by atoms with Crippen molar-refractivity contribution in [1.29, 1.82) is 0 Å². The molecule has 1 N–H and O–H groups in total. The van der Waals surface area contributed by atoms with Crippen LogP contribution in [0.5, 0.6) is 5.75 Å². The van der Waals surface area contributed by atoms with Crippen LogP contribution in [0.15, 0.2) is 84.9 Å². The van der Waals surface area contributed by atoms with E-state index in [0.717, 1.165) is 10.5 Å². The number of anilines is 1. The van der Waals surface area contributed by atoms with Gasteiger partial charge in [0.15, 0.2) is 0 Å². The van der Waals surface area contributed by atoms with Gasteiger partial charge in [-0.25, -0.2) is 4.79 Å². The monoisotopic (exact) mass is 441 g/mol. The summed E-state index contributed by atoms with van der Waals surface area (Å²) >= 11 is 0. The number of imide groups is 1. The van der Waals surface area contributed by atoms with Crippen molar-refractivity contribution in [2.45, 2.75) is 18.5 Å². The van der Waals surface area contributed by atoms with Gasteiger partial charge in [-0.1, -0.05) is 72.8 Å². The molecule has 3 aromatic rings. The Morgan fingerprint density at radius 2 is 1.61 bits per heavy atom. The van der Waals surface area contributed by atoms with E-state index in [1.165, 1.54) is 0 Å². The van der Waals surface area contributed by atoms with E-state index in [1.54, 1.807) is 30.0 Å². The van der Waals surface area contributed by atoms with E-state index in [4.69, 9.17) is 4.74 Å². The first-order valence-electron chi connectivity index (χ1n) is 10.8. The van der Waals surface area contributed by atoms with Gasteiger partial charge in [0, 0.05) is 0 Å². The molecule has 1 saturated heterocycles. The first-order chi connectivity index (χ1) is 16.0. The molecule has 2 unspecified atom stereocenters. The summed E-state index contributed by atoms with van der Waals surface area (Å²) in [5.41, 5.74) is 0.963. The quantitative estimate of drug-likeness (QED) is 0.628. The zero-order valence-electron chi connectivity index (χ0n) is 18.1. The highest BCUT2D eigenvalue weighted by molar-refractivity contribution is 6.10.